The van der Waals surface area contributed by atoms with Crippen molar-refractivity contribution in [2.75, 3.05) is 24.3 Å². The lowest BCUT2D eigenvalue weighted by Gasteiger charge is -2.16. The quantitative estimate of drug-likeness (QED) is 0.408. The topological polar surface area (TPSA) is 77.1 Å². The zero-order valence-electron chi connectivity index (χ0n) is 21.0. The van der Waals surface area contributed by atoms with Crippen LogP contribution in [0.5, 0.6) is 0 Å². The first kappa shape index (κ1) is 23.2. The molecule has 0 saturated heterocycles. The number of fused-ring (bicyclic) bond motifs is 1. The molecule has 0 bridgehead atoms. The second-order valence-electron chi connectivity index (χ2n) is 9.16. The Morgan fingerprint density at radius 2 is 1.72 bits per heavy atom. The number of anilines is 3. The van der Waals surface area contributed by atoms with Crippen molar-refractivity contribution >= 4 is 28.0 Å². The van der Waals surface area contributed by atoms with Gasteiger partial charge in [-0.05, 0) is 59.8 Å². The van der Waals surface area contributed by atoms with Crippen molar-refractivity contribution in [2.24, 2.45) is 14.1 Å². The first-order valence-corrected chi connectivity index (χ1v) is 11.6. The molecule has 0 aliphatic carbocycles. The number of aromatic nitrogens is 4. The number of hydrogen-bond acceptors (Lipinski definition) is 5. The predicted octanol–water partition coefficient (Wildman–Crippen LogP) is 4.21. The van der Waals surface area contributed by atoms with Crippen LogP contribution in [0.25, 0.3) is 27.6 Å². The van der Waals surface area contributed by atoms with Gasteiger partial charge in [0.25, 0.3) is 11.1 Å². The molecule has 3 heterocycles. The van der Waals surface area contributed by atoms with Gasteiger partial charge in [-0.2, -0.15) is 5.10 Å². The molecule has 3 aromatic heterocycles. The van der Waals surface area contributed by atoms with Gasteiger partial charge in [0.2, 0.25) is 0 Å². The largest absolute Gasteiger partial charge is 0.378 e. The van der Waals surface area contributed by atoms with Crippen molar-refractivity contribution in [3.63, 3.8) is 0 Å². The fourth-order valence-corrected chi connectivity index (χ4v) is 4.47. The third kappa shape index (κ3) is 4.07. The molecule has 5 aromatic rings. The summed E-state index contributed by atoms with van der Waals surface area (Å²) in [5.41, 5.74) is 4.77. The first-order valence-electron chi connectivity index (χ1n) is 11.6. The molecular weight excluding hydrogens is 452 g/mol. The lowest BCUT2D eigenvalue weighted by atomic mass is 9.99. The standard InChI is InChI=1S/C28H28N6O2/c1-18-22(20-16-24(28(36)32(4)17-20)29-26-12-13-33(5)30-26)7-6-8-25(18)34-14-11-19-15-21(31(2)3)9-10-23(19)27(34)35/h6-17H,1-5H3,(H,29,30). The van der Waals surface area contributed by atoms with Crippen LogP contribution in [0.2, 0.25) is 0 Å². The van der Waals surface area contributed by atoms with Crippen LogP contribution >= 0.6 is 0 Å². The van der Waals surface area contributed by atoms with E-state index in [0.29, 0.717) is 16.9 Å². The van der Waals surface area contributed by atoms with E-state index in [4.69, 9.17) is 0 Å². The Balaban J connectivity index is 1.61. The smallest absolute Gasteiger partial charge is 0.274 e. The average molecular weight is 481 g/mol. The lowest BCUT2D eigenvalue weighted by molar-refractivity contribution is 0.771. The molecule has 0 amide bonds. The number of rotatable bonds is 5. The molecule has 1 N–H and O–H groups in total. The molecule has 0 atom stereocenters. The molecule has 0 aliphatic heterocycles. The van der Waals surface area contributed by atoms with Crippen molar-refractivity contribution in [1.82, 2.24) is 18.9 Å². The minimum absolute atomic E-state index is 0.0731. The molecular formula is C28H28N6O2. The maximum atomic E-state index is 13.5. The van der Waals surface area contributed by atoms with Crippen LogP contribution < -0.4 is 21.3 Å². The third-order valence-electron chi connectivity index (χ3n) is 6.44. The summed E-state index contributed by atoms with van der Waals surface area (Å²) < 4.78 is 4.91. The maximum absolute atomic E-state index is 13.5. The number of pyridine rings is 2. The second kappa shape index (κ2) is 8.88. The second-order valence-corrected chi connectivity index (χ2v) is 9.16. The van der Waals surface area contributed by atoms with E-state index in [1.807, 2.05) is 106 Å². The molecule has 0 fully saturated rings. The van der Waals surface area contributed by atoms with Crippen LogP contribution in [-0.2, 0) is 14.1 Å². The monoisotopic (exact) mass is 480 g/mol. The first-order chi connectivity index (χ1) is 17.2. The molecule has 36 heavy (non-hydrogen) atoms. The molecule has 0 unspecified atom stereocenters. The Kier molecular flexibility index (Phi) is 5.72. The molecule has 0 radical (unpaired) electrons. The lowest BCUT2D eigenvalue weighted by Crippen LogP contribution is -2.20. The summed E-state index contributed by atoms with van der Waals surface area (Å²) >= 11 is 0. The van der Waals surface area contributed by atoms with Gasteiger partial charge in [0, 0.05) is 69.5 Å². The summed E-state index contributed by atoms with van der Waals surface area (Å²) in [5, 5.41) is 9.01. The zero-order valence-corrected chi connectivity index (χ0v) is 21.0. The predicted molar refractivity (Wildman–Crippen MR) is 146 cm³/mol. The Hall–Kier alpha value is -4.59. The van der Waals surface area contributed by atoms with Gasteiger partial charge in [-0.25, -0.2) is 0 Å². The molecule has 0 spiro atoms. The fourth-order valence-electron chi connectivity index (χ4n) is 4.47. The highest BCUT2D eigenvalue weighted by Gasteiger charge is 2.14. The average Bonchev–Trinajstić information content (AvgIpc) is 3.26. The van der Waals surface area contributed by atoms with Crippen molar-refractivity contribution in [1.29, 1.82) is 0 Å². The van der Waals surface area contributed by atoms with E-state index >= 15 is 0 Å². The van der Waals surface area contributed by atoms with Crippen molar-refractivity contribution in [3.05, 3.63) is 99.5 Å². The van der Waals surface area contributed by atoms with Crippen LogP contribution in [0.15, 0.2) is 82.8 Å². The van der Waals surface area contributed by atoms with E-state index < -0.39 is 0 Å². The van der Waals surface area contributed by atoms with E-state index in [0.717, 1.165) is 33.5 Å². The molecule has 8 nitrogen and oxygen atoms in total. The van der Waals surface area contributed by atoms with Crippen LogP contribution in [-0.4, -0.2) is 33.0 Å². The van der Waals surface area contributed by atoms with Crippen LogP contribution in [0, 0.1) is 6.92 Å². The van der Waals surface area contributed by atoms with Gasteiger partial charge in [0.05, 0.1) is 5.69 Å². The highest BCUT2D eigenvalue weighted by Crippen LogP contribution is 2.29. The van der Waals surface area contributed by atoms with Gasteiger partial charge in [0.15, 0.2) is 5.82 Å². The van der Waals surface area contributed by atoms with Gasteiger partial charge < -0.3 is 14.8 Å². The fraction of sp³-hybridized carbons (Fsp3) is 0.179. The SMILES string of the molecule is Cc1c(-c2cc(Nc3ccn(C)n3)c(=O)n(C)c2)cccc1-n1ccc2cc(N(C)C)ccc2c1=O. The van der Waals surface area contributed by atoms with Crippen LogP contribution in [0.3, 0.4) is 0 Å². The number of aryl methyl sites for hydroxylation is 2. The third-order valence-corrected chi connectivity index (χ3v) is 6.44. The minimum atomic E-state index is -0.152. The molecule has 182 valence electrons. The molecule has 0 saturated carbocycles. The van der Waals surface area contributed by atoms with E-state index in [9.17, 15) is 9.59 Å². The summed E-state index contributed by atoms with van der Waals surface area (Å²) in [6, 6.07) is 17.3. The van der Waals surface area contributed by atoms with Gasteiger partial charge in [-0.15, -0.1) is 0 Å². The number of nitrogens with one attached hydrogen (secondary N) is 1. The van der Waals surface area contributed by atoms with E-state index in [1.54, 1.807) is 20.9 Å². The van der Waals surface area contributed by atoms with Gasteiger partial charge in [-0.1, -0.05) is 12.1 Å². The van der Waals surface area contributed by atoms with E-state index in [1.165, 1.54) is 0 Å². The summed E-state index contributed by atoms with van der Waals surface area (Å²) in [6.07, 6.45) is 5.45. The number of benzene rings is 2. The summed E-state index contributed by atoms with van der Waals surface area (Å²) in [5.74, 6) is 0.595. The van der Waals surface area contributed by atoms with Gasteiger partial charge >= 0.3 is 0 Å². The van der Waals surface area contributed by atoms with Crippen LogP contribution in [0.1, 0.15) is 5.56 Å². The maximum Gasteiger partial charge on any atom is 0.274 e. The highest BCUT2D eigenvalue weighted by atomic mass is 16.1. The van der Waals surface area contributed by atoms with Crippen molar-refractivity contribution in [3.8, 4) is 16.8 Å². The van der Waals surface area contributed by atoms with Crippen molar-refractivity contribution < 1.29 is 0 Å². The molecule has 2 aromatic carbocycles. The van der Waals surface area contributed by atoms with Crippen molar-refractivity contribution in [2.45, 2.75) is 6.92 Å². The Labute approximate surface area is 208 Å². The van der Waals surface area contributed by atoms with E-state index in [2.05, 4.69) is 10.4 Å². The zero-order chi connectivity index (χ0) is 25.6. The van der Waals surface area contributed by atoms with Gasteiger partial charge in [0.1, 0.15) is 5.69 Å². The highest BCUT2D eigenvalue weighted by molar-refractivity contribution is 5.85. The molecule has 0 aliphatic rings. The normalized spacial score (nSPS) is 11.1. The summed E-state index contributed by atoms with van der Waals surface area (Å²) in [6.45, 7) is 1.99. The number of nitrogens with zero attached hydrogens (tertiary/aromatic N) is 5. The number of hydrogen-bond donors (Lipinski definition) is 1. The van der Waals surface area contributed by atoms with E-state index in [-0.39, 0.29) is 11.1 Å². The Bertz CT molecular complexity index is 1720. The van der Waals surface area contributed by atoms with Gasteiger partial charge in [-0.3, -0.25) is 18.8 Å². The summed E-state index contributed by atoms with van der Waals surface area (Å²) in [7, 11) is 7.51. The molecule has 5 rings (SSSR count). The van der Waals surface area contributed by atoms with Crippen LogP contribution in [0.4, 0.5) is 17.2 Å². The molecule has 8 heteroatoms. The Morgan fingerprint density at radius 1 is 0.917 bits per heavy atom. The Morgan fingerprint density at radius 3 is 2.44 bits per heavy atom. The summed E-state index contributed by atoms with van der Waals surface area (Å²) in [4.78, 5) is 28.3. The minimum Gasteiger partial charge on any atom is -0.378 e.